The van der Waals surface area contributed by atoms with E-state index in [0.29, 0.717) is 12.8 Å². The minimum atomic E-state index is -0.646. The average Bonchev–Trinajstić information content (AvgIpc) is 2.69. The van der Waals surface area contributed by atoms with E-state index in [-0.39, 0.29) is 12.5 Å². The Balaban J connectivity index is 3.53. The molecule has 0 aromatic rings. The maximum Gasteiger partial charge on any atom is 0.220 e. The summed E-state index contributed by atoms with van der Waals surface area (Å²) in [4.78, 5) is 11.8. The second-order valence-electron chi connectivity index (χ2n) is 8.41. The first-order valence-electron chi connectivity index (χ1n) is 12.2. The molecule has 0 aliphatic heterocycles. The van der Waals surface area contributed by atoms with Crippen molar-refractivity contribution in [1.82, 2.24) is 5.32 Å². The van der Waals surface area contributed by atoms with Gasteiger partial charge in [0, 0.05) is 6.42 Å². The minimum Gasteiger partial charge on any atom is -0.394 e. The standard InChI is InChI=1S/C24H49NO3/c1-3-5-7-8-9-10-11-12-13-14-15-16-18-19-23(27)22(21-26)25-24(28)20-17-6-4-2/h22-23,26-27H,3-21H2,1-2H3,(H,25,28)/t22-,23?/m1/s1. The first-order chi connectivity index (χ1) is 13.7. The van der Waals surface area contributed by atoms with E-state index in [4.69, 9.17) is 0 Å². The lowest BCUT2D eigenvalue weighted by molar-refractivity contribution is -0.123. The van der Waals surface area contributed by atoms with Gasteiger partial charge < -0.3 is 15.5 Å². The van der Waals surface area contributed by atoms with Crippen LogP contribution in [0.1, 0.15) is 129 Å². The van der Waals surface area contributed by atoms with Gasteiger partial charge >= 0.3 is 0 Å². The van der Waals surface area contributed by atoms with Crippen molar-refractivity contribution in [2.24, 2.45) is 0 Å². The molecular formula is C24H49NO3. The van der Waals surface area contributed by atoms with Crippen LogP contribution in [0.3, 0.4) is 0 Å². The van der Waals surface area contributed by atoms with Gasteiger partial charge in [0.2, 0.25) is 5.91 Å². The molecule has 0 aliphatic carbocycles. The second-order valence-corrected chi connectivity index (χ2v) is 8.41. The fraction of sp³-hybridized carbons (Fsp3) is 0.958. The summed E-state index contributed by atoms with van der Waals surface area (Å²) in [5, 5.41) is 22.5. The van der Waals surface area contributed by atoms with Crippen LogP contribution in [-0.4, -0.2) is 34.9 Å². The van der Waals surface area contributed by atoms with Crippen molar-refractivity contribution < 1.29 is 15.0 Å². The Bertz CT molecular complexity index is 336. The first kappa shape index (κ1) is 27.4. The van der Waals surface area contributed by atoms with Crippen molar-refractivity contribution in [3.05, 3.63) is 0 Å². The van der Waals surface area contributed by atoms with E-state index in [1.54, 1.807) is 0 Å². The summed E-state index contributed by atoms with van der Waals surface area (Å²) < 4.78 is 0. The molecule has 4 nitrogen and oxygen atoms in total. The van der Waals surface area contributed by atoms with Gasteiger partial charge in [-0.15, -0.1) is 0 Å². The number of amides is 1. The SMILES string of the molecule is CCCCCCCCCCCCCCCC(O)[C@@H](CO)NC(=O)CCCCC. The van der Waals surface area contributed by atoms with Crippen LogP contribution in [0.25, 0.3) is 0 Å². The van der Waals surface area contributed by atoms with Gasteiger partial charge in [0.05, 0.1) is 18.8 Å². The first-order valence-corrected chi connectivity index (χ1v) is 12.2. The topological polar surface area (TPSA) is 69.6 Å². The maximum absolute atomic E-state index is 11.8. The molecule has 0 saturated carbocycles. The minimum absolute atomic E-state index is 0.0584. The van der Waals surface area contributed by atoms with Gasteiger partial charge in [0.1, 0.15) is 0 Å². The Kier molecular flexibility index (Phi) is 20.6. The summed E-state index contributed by atoms with van der Waals surface area (Å²) in [7, 11) is 0. The summed E-state index contributed by atoms with van der Waals surface area (Å²) in [5.74, 6) is -0.0584. The molecule has 0 spiro atoms. The molecule has 0 saturated heterocycles. The molecular weight excluding hydrogens is 350 g/mol. The molecule has 2 atom stereocenters. The van der Waals surface area contributed by atoms with E-state index >= 15 is 0 Å². The van der Waals surface area contributed by atoms with Crippen molar-refractivity contribution in [1.29, 1.82) is 0 Å². The van der Waals surface area contributed by atoms with E-state index in [9.17, 15) is 15.0 Å². The van der Waals surface area contributed by atoms with E-state index in [1.807, 2.05) is 0 Å². The van der Waals surface area contributed by atoms with Crippen LogP contribution in [0.5, 0.6) is 0 Å². The number of carbonyl (C=O) groups excluding carboxylic acids is 1. The lowest BCUT2D eigenvalue weighted by Crippen LogP contribution is -2.45. The zero-order chi connectivity index (χ0) is 20.9. The van der Waals surface area contributed by atoms with Crippen molar-refractivity contribution in [3.63, 3.8) is 0 Å². The Morgan fingerprint density at radius 3 is 1.61 bits per heavy atom. The molecule has 0 fully saturated rings. The molecule has 1 amide bonds. The largest absolute Gasteiger partial charge is 0.394 e. The number of unbranched alkanes of at least 4 members (excludes halogenated alkanes) is 14. The third-order valence-corrected chi connectivity index (χ3v) is 5.62. The number of rotatable bonds is 21. The van der Waals surface area contributed by atoms with E-state index in [2.05, 4.69) is 19.2 Å². The van der Waals surface area contributed by atoms with Gasteiger partial charge in [-0.2, -0.15) is 0 Å². The number of carbonyl (C=O) groups is 1. The molecule has 28 heavy (non-hydrogen) atoms. The highest BCUT2D eigenvalue weighted by atomic mass is 16.3. The molecule has 0 bridgehead atoms. The Hall–Kier alpha value is -0.610. The van der Waals surface area contributed by atoms with Crippen LogP contribution in [0.4, 0.5) is 0 Å². The highest BCUT2D eigenvalue weighted by Gasteiger charge is 2.19. The quantitative estimate of drug-likeness (QED) is 0.211. The van der Waals surface area contributed by atoms with Gasteiger partial charge in [-0.05, 0) is 12.8 Å². The van der Waals surface area contributed by atoms with Crippen LogP contribution in [-0.2, 0) is 4.79 Å². The van der Waals surface area contributed by atoms with Crippen molar-refractivity contribution in [2.75, 3.05) is 6.61 Å². The molecule has 0 heterocycles. The predicted octanol–water partition coefficient (Wildman–Crippen LogP) is 5.89. The smallest absolute Gasteiger partial charge is 0.220 e. The lowest BCUT2D eigenvalue weighted by atomic mass is 10.0. The Morgan fingerprint density at radius 1 is 0.714 bits per heavy atom. The summed E-state index contributed by atoms with van der Waals surface area (Å²) in [6, 6.07) is -0.522. The zero-order valence-electron chi connectivity index (χ0n) is 18.9. The number of nitrogens with one attached hydrogen (secondary N) is 1. The van der Waals surface area contributed by atoms with E-state index in [0.717, 1.165) is 32.1 Å². The molecule has 3 N–H and O–H groups in total. The highest BCUT2D eigenvalue weighted by Crippen LogP contribution is 2.14. The molecule has 0 aromatic carbocycles. The third-order valence-electron chi connectivity index (χ3n) is 5.62. The van der Waals surface area contributed by atoms with Gasteiger partial charge in [-0.1, -0.05) is 110 Å². The number of aliphatic hydroxyl groups excluding tert-OH is 2. The van der Waals surface area contributed by atoms with Crippen molar-refractivity contribution >= 4 is 5.91 Å². The van der Waals surface area contributed by atoms with E-state index in [1.165, 1.54) is 70.6 Å². The Morgan fingerprint density at radius 2 is 1.14 bits per heavy atom. The molecule has 168 valence electrons. The normalized spacial score (nSPS) is 13.4. The Labute approximate surface area is 174 Å². The van der Waals surface area contributed by atoms with Crippen LogP contribution in [0.15, 0.2) is 0 Å². The summed E-state index contributed by atoms with van der Waals surface area (Å²) >= 11 is 0. The van der Waals surface area contributed by atoms with Crippen molar-refractivity contribution in [3.8, 4) is 0 Å². The van der Waals surface area contributed by atoms with Crippen LogP contribution >= 0.6 is 0 Å². The lowest BCUT2D eigenvalue weighted by Gasteiger charge is -2.22. The average molecular weight is 400 g/mol. The highest BCUT2D eigenvalue weighted by molar-refractivity contribution is 5.76. The van der Waals surface area contributed by atoms with Gasteiger partial charge in [-0.3, -0.25) is 4.79 Å². The summed E-state index contributed by atoms with van der Waals surface area (Å²) in [6.45, 7) is 4.17. The monoisotopic (exact) mass is 399 g/mol. The third kappa shape index (κ3) is 17.5. The molecule has 1 unspecified atom stereocenters. The molecule has 0 aliphatic rings. The van der Waals surface area contributed by atoms with Gasteiger partial charge in [0.25, 0.3) is 0 Å². The van der Waals surface area contributed by atoms with Gasteiger partial charge in [0.15, 0.2) is 0 Å². The zero-order valence-corrected chi connectivity index (χ0v) is 18.9. The number of hydrogen-bond acceptors (Lipinski definition) is 3. The molecule has 0 aromatic heterocycles. The molecule has 0 rings (SSSR count). The molecule has 0 radical (unpaired) electrons. The van der Waals surface area contributed by atoms with Crippen molar-refractivity contribution in [2.45, 2.75) is 142 Å². The predicted molar refractivity (Wildman–Crippen MR) is 119 cm³/mol. The maximum atomic E-state index is 11.8. The summed E-state index contributed by atoms with van der Waals surface area (Å²) in [6.07, 6.45) is 20.4. The van der Waals surface area contributed by atoms with E-state index < -0.39 is 12.1 Å². The number of aliphatic hydroxyl groups is 2. The number of hydrogen-bond donors (Lipinski definition) is 3. The van der Waals surface area contributed by atoms with Crippen LogP contribution in [0.2, 0.25) is 0 Å². The van der Waals surface area contributed by atoms with Crippen LogP contribution < -0.4 is 5.32 Å². The fourth-order valence-electron chi connectivity index (χ4n) is 3.65. The van der Waals surface area contributed by atoms with Crippen LogP contribution in [0, 0.1) is 0 Å². The molecule has 4 heteroatoms. The second kappa shape index (κ2) is 21.1. The summed E-state index contributed by atoms with van der Waals surface area (Å²) in [5.41, 5.74) is 0. The van der Waals surface area contributed by atoms with Gasteiger partial charge in [-0.25, -0.2) is 0 Å². The fourth-order valence-corrected chi connectivity index (χ4v) is 3.65.